The van der Waals surface area contributed by atoms with E-state index in [0.29, 0.717) is 24.1 Å². The number of nitrogens with zero attached hydrogens (tertiary/aromatic N) is 4. The van der Waals surface area contributed by atoms with E-state index in [1.807, 2.05) is 19.1 Å². The number of halogens is 2. The molecule has 1 aromatic carbocycles. The maximum absolute atomic E-state index is 13.2. The number of nitrogens with one attached hydrogen (secondary N) is 2. The summed E-state index contributed by atoms with van der Waals surface area (Å²) < 4.78 is 61.2. The van der Waals surface area contributed by atoms with Crippen LogP contribution in [-0.4, -0.2) is 60.9 Å². The normalized spacial score (nSPS) is 18.9. The molecule has 0 bridgehead atoms. The van der Waals surface area contributed by atoms with E-state index in [1.54, 1.807) is 6.20 Å². The number of hydrogen-bond donors (Lipinski definition) is 2. The number of fused-ring (bicyclic) bond motifs is 1. The lowest BCUT2D eigenvalue weighted by molar-refractivity contribution is 0.157. The topological polar surface area (TPSA) is 118 Å². The Morgan fingerprint density at radius 3 is 2.66 bits per heavy atom. The van der Waals surface area contributed by atoms with Crippen molar-refractivity contribution in [3.8, 4) is 17.0 Å². The van der Waals surface area contributed by atoms with Gasteiger partial charge in [0.05, 0.1) is 18.3 Å². The predicted molar refractivity (Wildman–Crippen MR) is 161 cm³/mol. The molecule has 0 atom stereocenters. The van der Waals surface area contributed by atoms with E-state index in [9.17, 15) is 22.0 Å². The number of ether oxygens (including phenoxy) is 1. The zero-order valence-corrected chi connectivity index (χ0v) is 25.6. The van der Waals surface area contributed by atoms with Crippen LogP contribution in [0.2, 0.25) is 0 Å². The van der Waals surface area contributed by atoms with Crippen LogP contribution >= 0.6 is 0 Å². The molecule has 0 radical (unpaired) electrons. The van der Waals surface area contributed by atoms with Crippen molar-refractivity contribution in [3.05, 3.63) is 65.0 Å². The lowest BCUT2D eigenvalue weighted by Gasteiger charge is -2.28. The maximum atomic E-state index is 13.2. The molecule has 6 rings (SSSR count). The van der Waals surface area contributed by atoms with Crippen molar-refractivity contribution in [2.75, 3.05) is 32.1 Å². The van der Waals surface area contributed by atoms with Crippen LogP contribution in [0.25, 0.3) is 11.1 Å². The molecule has 0 spiro atoms. The molecule has 1 saturated heterocycles. The number of sulfonamides is 1. The molecule has 44 heavy (non-hydrogen) atoms. The van der Waals surface area contributed by atoms with Gasteiger partial charge in [-0.2, -0.15) is 22.3 Å². The summed E-state index contributed by atoms with van der Waals surface area (Å²) in [6.07, 6.45) is 6.31. The third-order valence-electron chi connectivity index (χ3n) is 8.86. The molecule has 1 saturated carbocycles. The molecule has 234 valence electrons. The van der Waals surface area contributed by atoms with Crippen LogP contribution in [0.1, 0.15) is 54.8 Å². The summed E-state index contributed by atoms with van der Waals surface area (Å²) in [4.78, 5) is 20.0. The fourth-order valence-corrected chi connectivity index (χ4v) is 7.15. The first-order chi connectivity index (χ1) is 21.1. The number of hydrogen-bond acceptors (Lipinski definition) is 7. The molecule has 2 fully saturated rings. The Bertz CT molecular complexity index is 1700. The molecule has 3 aromatic rings. The van der Waals surface area contributed by atoms with Gasteiger partial charge < -0.3 is 15.0 Å². The standard InChI is InChI=1S/C31H36F2N6O4S/c1-19-14-21-4-3-5-25(21)29(28(19)22-6-10-34-26(17-22)43-18-20-7-11-38(2)12-8-20)35-31(40)37-44(41,42)27-9-13-39(36-27)24-15-23(16-24)30(32)33/h6,9-10,13-14,17,20,24H,3-5,7-8,11-12,15-16,18H2,1-2H3,(H2,35,37,40). The first kappa shape index (κ1) is 30.2. The smallest absolute Gasteiger partial charge is 0.333 e. The Labute approximate surface area is 255 Å². The largest absolute Gasteiger partial charge is 0.477 e. The van der Waals surface area contributed by atoms with Crippen LogP contribution in [0, 0.1) is 12.8 Å². The zero-order chi connectivity index (χ0) is 31.0. The molecule has 13 heteroatoms. The van der Waals surface area contributed by atoms with Crippen LogP contribution in [0.4, 0.5) is 19.3 Å². The number of rotatable bonds is 8. The number of aromatic nitrogens is 3. The van der Waals surface area contributed by atoms with E-state index in [-0.39, 0.29) is 29.5 Å². The van der Waals surface area contributed by atoms with Crippen molar-refractivity contribution >= 4 is 21.7 Å². The van der Waals surface area contributed by atoms with Gasteiger partial charge in [-0.1, -0.05) is 6.07 Å². The van der Waals surface area contributed by atoms with Crippen molar-refractivity contribution < 1.29 is 26.7 Å². The molecule has 3 heterocycles. The average molecular weight is 627 g/mol. The second kappa shape index (κ2) is 12.3. The number of benzene rings is 1. The number of likely N-dealkylation sites (tertiary alicyclic amines) is 1. The number of piperidine rings is 1. The molecule has 2 aromatic heterocycles. The summed E-state index contributed by atoms with van der Waals surface area (Å²) in [5, 5.41) is 6.53. The predicted octanol–water partition coefficient (Wildman–Crippen LogP) is 5.46. The highest BCUT2D eigenvalue weighted by Gasteiger charge is 2.31. The van der Waals surface area contributed by atoms with E-state index in [4.69, 9.17) is 4.74 Å². The number of pyridine rings is 1. The van der Waals surface area contributed by atoms with Crippen LogP contribution in [-0.2, 0) is 22.9 Å². The lowest BCUT2D eigenvalue weighted by Crippen LogP contribution is -2.35. The van der Waals surface area contributed by atoms with Gasteiger partial charge in [-0.25, -0.2) is 14.5 Å². The summed E-state index contributed by atoms with van der Waals surface area (Å²) in [6.45, 7) is 4.64. The van der Waals surface area contributed by atoms with E-state index >= 15 is 0 Å². The third kappa shape index (κ3) is 6.34. The average Bonchev–Trinajstić information content (AvgIpc) is 3.62. The van der Waals surface area contributed by atoms with Crippen molar-refractivity contribution in [1.29, 1.82) is 0 Å². The molecule has 0 unspecified atom stereocenters. The number of aryl methyl sites for hydroxylation is 2. The van der Waals surface area contributed by atoms with Gasteiger partial charge in [0.2, 0.25) is 5.88 Å². The Balaban J connectivity index is 1.20. The van der Waals surface area contributed by atoms with Gasteiger partial charge in [0.25, 0.3) is 16.1 Å². The number of allylic oxidation sites excluding steroid dienone is 1. The fraction of sp³-hybridized carbons (Fsp3) is 0.452. The fourth-order valence-electron chi connectivity index (χ4n) is 6.31. The van der Waals surface area contributed by atoms with Gasteiger partial charge in [-0.3, -0.25) is 4.68 Å². The molecular weight excluding hydrogens is 590 g/mol. The first-order valence-electron chi connectivity index (χ1n) is 14.9. The van der Waals surface area contributed by atoms with Gasteiger partial charge in [0.15, 0.2) is 5.03 Å². The second-order valence-electron chi connectivity index (χ2n) is 12.0. The van der Waals surface area contributed by atoms with Crippen LogP contribution < -0.4 is 14.8 Å². The quantitative estimate of drug-likeness (QED) is 0.341. The number of carbonyl (C=O) groups excluding carboxylic acids is 1. The van der Waals surface area contributed by atoms with Crippen molar-refractivity contribution in [1.82, 2.24) is 24.4 Å². The number of carbonyl (C=O) groups is 1. The molecule has 10 nitrogen and oxygen atoms in total. The minimum absolute atomic E-state index is 0.0408. The van der Waals surface area contributed by atoms with Crippen molar-refractivity contribution in [2.45, 2.75) is 62.9 Å². The summed E-state index contributed by atoms with van der Waals surface area (Å²) in [6, 6.07) is 5.83. The van der Waals surface area contributed by atoms with Crippen LogP contribution in [0.5, 0.6) is 5.88 Å². The Morgan fingerprint density at radius 2 is 1.91 bits per heavy atom. The van der Waals surface area contributed by atoms with Gasteiger partial charge in [0, 0.05) is 24.0 Å². The molecule has 3 aliphatic rings. The lowest BCUT2D eigenvalue weighted by atomic mass is 9.87. The van der Waals surface area contributed by atoms with Gasteiger partial charge >= 0.3 is 6.03 Å². The van der Waals surface area contributed by atoms with E-state index < -0.39 is 22.1 Å². The van der Waals surface area contributed by atoms with Gasteiger partial charge in [-0.05, 0) is 118 Å². The third-order valence-corrected chi connectivity index (χ3v) is 10.1. The summed E-state index contributed by atoms with van der Waals surface area (Å²) >= 11 is 0. The zero-order valence-electron chi connectivity index (χ0n) is 24.8. The number of anilines is 1. The van der Waals surface area contributed by atoms with E-state index in [2.05, 4.69) is 38.1 Å². The molecule has 2 N–H and O–H groups in total. The highest BCUT2D eigenvalue weighted by molar-refractivity contribution is 7.90. The van der Waals surface area contributed by atoms with Crippen LogP contribution in [0.15, 0.2) is 53.3 Å². The van der Waals surface area contributed by atoms with Crippen LogP contribution in [0.3, 0.4) is 0 Å². The van der Waals surface area contributed by atoms with Crippen molar-refractivity contribution in [2.24, 2.45) is 5.92 Å². The highest BCUT2D eigenvalue weighted by Crippen LogP contribution is 2.41. The second-order valence-corrected chi connectivity index (χ2v) is 13.6. The number of urea groups is 1. The molecular formula is C31H36F2N6O4S. The first-order valence-corrected chi connectivity index (χ1v) is 16.4. The van der Waals surface area contributed by atoms with E-state index in [1.165, 1.54) is 16.9 Å². The van der Waals surface area contributed by atoms with Crippen molar-refractivity contribution in [3.63, 3.8) is 0 Å². The van der Waals surface area contributed by atoms with Gasteiger partial charge in [0.1, 0.15) is 0 Å². The Kier molecular flexibility index (Phi) is 8.42. The summed E-state index contributed by atoms with van der Waals surface area (Å²) in [5.74, 6) is 0.965. The molecule has 2 aliphatic carbocycles. The molecule has 2 amide bonds. The summed E-state index contributed by atoms with van der Waals surface area (Å²) in [5.41, 5.74) is 5.22. The Morgan fingerprint density at radius 1 is 1.14 bits per heavy atom. The maximum Gasteiger partial charge on any atom is 0.333 e. The van der Waals surface area contributed by atoms with Gasteiger partial charge in [-0.15, -0.1) is 0 Å². The minimum atomic E-state index is -4.32. The Hall–Kier alpha value is -3.84. The SMILES string of the molecule is Cc1cc2c(c(NC(=O)NS(=O)(=O)c3ccn(C4CC(=C(F)F)C4)n3)c1-c1ccnc(OCC3CCN(C)CC3)c1)CCC2. The highest BCUT2D eigenvalue weighted by atomic mass is 32.2. The monoisotopic (exact) mass is 626 g/mol. The summed E-state index contributed by atoms with van der Waals surface area (Å²) in [7, 11) is -2.20. The minimum Gasteiger partial charge on any atom is -0.477 e. The van der Waals surface area contributed by atoms with E-state index in [0.717, 1.165) is 73.0 Å². The molecule has 1 aliphatic heterocycles. The number of amides is 2.